The van der Waals surface area contributed by atoms with E-state index in [1.165, 1.54) is 6.42 Å². The minimum Gasteiger partial charge on any atom is -0.378 e. The highest BCUT2D eigenvalue weighted by Gasteiger charge is 2.39. The molecule has 0 N–H and O–H groups in total. The summed E-state index contributed by atoms with van der Waals surface area (Å²) < 4.78 is 5.46. The molecule has 2 aliphatic rings. The van der Waals surface area contributed by atoms with Crippen LogP contribution in [-0.4, -0.2) is 18.5 Å². The Bertz CT molecular complexity index is 256. The molecular weight excluding hydrogens is 176 g/mol. The third kappa shape index (κ3) is 1.76. The van der Waals surface area contributed by atoms with Crippen molar-refractivity contribution in [3.8, 4) is 0 Å². The lowest BCUT2D eigenvalue weighted by Crippen LogP contribution is -2.41. The third-order valence-electron chi connectivity index (χ3n) is 3.58. The molecule has 0 aromatic carbocycles. The number of allylic oxidation sites excluding steroid dienone is 2. The van der Waals surface area contributed by atoms with Gasteiger partial charge in [-0.3, -0.25) is 4.79 Å². The van der Waals surface area contributed by atoms with Gasteiger partial charge in [-0.1, -0.05) is 6.08 Å². The first-order valence-corrected chi connectivity index (χ1v) is 5.53. The van der Waals surface area contributed by atoms with Crippen molar-refractivity contribution in [1.82, 2.24) is 0 Å². The van der Waals surface area contributed by atoms with Crippen molar-refractivity contribution >= 4 is 5.78 Å². The zero-order valence-corrected chi connectivity index (χ0v) is 8.84. The molecular formula is C12H18O2. The summed E-state index contributed by atoms with van der Waals surface area (Å²) in [6.45, 7) is 0. The van der Waals surface area contributed by atoms with Crippen LogP contribution >= 0.6 is 0 Å². The normalized spacial score (nSPS) is 24.2. The van der Waals surface area contributed by atoms with Crippen LogP contribution in [0.15, 0.2) is 11.6 Å². The Morgan fingerprint density at radius 1 is 1.50 bits per heavy atom. The highest BCUT2D eigenvalue weighted by atomic mass is 16.5. The van der Waals surface area contributed by atoms with E-state index in [1.807, 2.05) is 0 Å². The summed E-state index contributed by atoms with van der Waals surface area (Å²) in [6.07, 6.45) is 9.26. The molecule has 0 unspecified atom stereocenters. The van der Waals surface area contributed by atoms with Crippen LogP contribution in [0.4, 0.5) is 0 Å². The smallest absolute Gasteiger partial charge is 0.161 e. The monoisotopic (exact) mass is 194 g/mol. The first-order chi connectivity index (χ1) is 6.76. The van der Waals surface area contributed by atoms with Gasteiger partial charge in [-0.15, -0.1) is 0 Å². The SMILES string of the molecule is COC1(CC(=O)C2=CCCC2)CCC1. The van der Waals surface area contributed by atoms with Gasteiger partial charge in [-0.2, -0.15) is 0 Å². The summed E-state index contributed by atoms with van der Waals surface area (Å²) in [5.41, 5.74) is 0.953. The van der Waals surface area contributed by atoms with Crippen LogP contribution in [0.2, 0.25) is 0 Å². The predicted molar refractivity (Wildman–Crippen MR) is 55.1 cm³/mol. The van der Waals surface area contributed by atoms with E-state index in [1.54, 1.807) is 7.11 Å². The van der Waals surface area contributed by atoms with Crippen LogP contribution < -0.4 is 0 Å². The summed E-state index contributed by atoms with van der Waals surface area (Å²) in [6, 6.07) is 0. The fourth-order valence-electron chi connectivity index (χ4n) is 2.35. The van der Waals surface area contributed by atoms with Crippen molar-refractivity contribution in [2.75, 3.05) is 7.11 Å². The van der Waals surface area contributed by atoms with Crippen LogP contribution in [0.1, 0.15) is 44.9 Å². The van der Waals surface area contributed by atoms with E-state index in [9.17, 15) is 4.79 Å². The van der Waals surface area contributed by atoms with Crippen LogP contribution in [0.3, 0.4) is 0 Å². The number of carbonyl (C=O) groups is 1. The lowest BCUT2D eigenvalue weighted by atomic mass is 9.75. The molecule has 2 rings (SSSR count). The van der Waals surface area contributed by atoms with Crippen molar-refractivity contribution in [3.63, 3.8) is 0 Å². The van der Waals surface area contributed by atoms with Gasteiger partial charge < -0.3 is 4.74 Å². The molecule has 2 aliphatic carbocycles. The van der Waals surface area contributed by atoms with Crippen molar-refractivity contribution < 1.29 is 9.53 Å². The number of carbonyl (C=O) groups excluding carboxylic acids is 1. The Balaban J connectivity index is 1.93. The third-order valence-corrected chi connectivity index (χ3v) is 3.58. The predicted octanol–water partition coefficient (Wildman–Crippen LogP) is 2.63. The molecule has 2 heteroatoms. The first kappa shape index (κ1) is 9.91. The maximum absolute atomic E-state index is 11.9. The van der Waals surface area contributed by atoms with Gasteiger partial charge in [0.1, 0.15) is 0 Å². The van der Waals surface area contributed by atoms with Gasteiger partial charge >= 0.3 is 0 Å². The molecule has 78 valence electrons. The van der Waals surface area contributed by atoms with Crippen LogP contribution in [0, 0.1) is 0 Å². The van der Waals surface area contributed by atoms with Crippen LogP contribution in [-0.2, 0) is 9.53 Å². The highest BCUT2D eigenvalue weighted by molar-refractivity contribution is 5.96. The van der Waals surface area contributed by atoms with Crippen molar-refractivity contribution in [1.29, 1.82) is 0 Å². The molecule has 0 aromatic rings. The summed E-state index contributed by atoms with van der Waals surface area (Å²) in [5, 5.41) is 0. The lowest BCUT2D eigenvalue weighted by Gasteiger charge is -2.40. The van der Waals surface area contributed by atoms with E-state index in [4.69, 9.17) is 4.74 Å². The van der Waals surface area contributed by atoms with Gasteiger partial charge in [0.2, 0.25) is 0 Å². The summed E-state index contributed by atoms with van der Waals surface area (Å²) in [5.74, 6) is 0.323. The maximum atomic E-state index is 11.9. The van der Waals surface area contributed by atoms with Gasteiger partial charge in [0.15, 0.2) is 5.78 Å². The van der Waals surface area contributed by atoms with Gasteiger partial charge in [0.05, 0.1) is 5.60 Å². The standard InChI is InChI=1S/C12H18O2/c1-14-12(7-4-8-12)9-11(13)10-5-2-3-6-10/h5H,2-4,6-9H2,1H3. The number of methoxy groups -OCH3 is 1. The zero-order chi connectivity index (χ0) is 10.0. The molecule has 14 heavy (non-hydrogen) atoms. The molecule has 0 saturated heterocycles. The quantitative estimate of drug-likeness (QED) is 0.687. The van der Waals surface area contributed by atoms with E-state index in [2.05, 4.69) is 6.08 Å². The van der Waals surface area contributed by atoms with E-state index < -0.39 is 0 Å². The number of ketones is 1. The van der Waals surface area contributed by atoms with Crippen LogP contribution in [0.25, 0.3) is 0 Å². The molecule has 0 spiro atoms. The number of Topliss-reactive ketones (excluding diaryl/α,β-unsaturated/α-hetero) is 1. The second kappa shape index (κ2) is 3.85. The molecule has 0 heterocycles. The molecule has 1 saturated carbocycles. The highest BCUT2D eigenvalue weighted by Crippen LogP contribution is 2.39. The summed E-state index contributed by atoms with van der Waals surface area (Å²) in [7, 11) is 1.73. The van der Waals surface area contributed by atoms with Gasteiger partial charge in [-0.05, 0) is 44.1 Å². The van der Waals surface area contributed by atoms with E-state index in [0.29, 0.717) is 12.2 Å². The molecule has 1 fully saturated rings. The Morgan fingerprint density at radius 3 is 2.71 bits per heavy atom. The average molecular weight is 194 g/mol. The largest absolute Gasteiger partial charge is 0.378 e. The minimum absolute atomic E-state index is 0.0967. The van der Waals surface area contributed by atoms with Gasteiger partial charge in [-0.25, -0.2) is 0 Å². The zero-order valence-electron chi connectivity index (χ0n) is 8.84. The second-order valence-corrected chi connectivity index (χ2v) is 4.46. The van der Waals surface area contributed by atoms with Crippen molar-refractivity contribution in [3.05, 3.63) is 11.6 Å². The van der Waals surface area contributed by atoms with E-state index in [0.717, 1.165) is 37.7 Å². The number of hydrogen-bond donors (Lipinski definition) is 0. The molecule has 0 radical (unpaired) electrons. The molecule has 0 amide bonds. The maximum Gasteiger partial charge on any atom is 0.161 e. The number of ether oxygens (including phenoxy) is 1. The molecule has 2 nitrogen and oxygen atoms in total. The van der Waals surface area contributed by atoms with Gasteiger partial charge in [0.25, 0.3) is 0 Å². The Hall–Kier alpha value is -0.630. The Labute approximate surface area is 85.3 Å². The molecule has 0 aliphatic heterocycles. The Morgan fingerprint density at radius 2 is 2.29 bits per heavy atom. The summed E-state index contributed by atoms with van der Waals surface area (Å²) in [4.78, 5) is 11.9. The molecule has 0 atom stereocenters. The van der Waals surface area contributed by atoms with Crippen molar-refractivity contribution in [2.24, 2.45) is 0 Å². The minimum atomic E-state index is -0.0967. The van der Waals surface area contributed by atoms with Crippen molar-refractivity contribution in [2.45, 2.75) is 50.5 Å². The first-order valence-electron chi connectivity index (χ1n) is 5.53. The second-order valence-electron chi connectivity index (χ2n) is 4.46. The van der Waals surface area contributed by atoms with Gasteiger partial charge in [0, 0.05) is 13.5 Å². The topological polar surface area (TPSA) is 26.3 Å². The van der Waals surface area contributed by atoms with E-state index in [-0.39, 0.29) is 5.60 Å². The average Bonchev–Trinajstić information content (AvgIpc) is 2.63. The van der Waals surface area contributed by atoms with E-state index >= 15 is 0 Å². The number of hydrogen-bond acceptors (Lipinski definition) is 2. The Kier molecular flexibility index (Phi) is 2.73. The molecule has 0 bridgehead atoms. The summed E-state index contributed by atoms with van der Waals surface area (Å²) >= 11 is 0. The fraction of sp³-hybridized carbons (Fsp3) is 0.750. The fourth-order valence-corrected chi connectivity index (χ4v) is 2.35. The lowest BCUT2D eigenvalue weighted by molar-refractivity contribution is -0.128. The molecule has 0 aromatic heterocycles. The van der Waals surface area contributed by atoms with Crippen LogP contribution in [0.5, 0.6) is 0 Å². The number of rotatable bonds is 4.